The fraction of sp³-hybridized carbons (Fsp3) is 0.667. The number of nitrogen functional groups attached to an aromatic ring is 1. The minimum absolute atomic E-state index is 0.337. The minimum atomic E-state index is 0.337. The first kappa shape index (κ1) is 15.0. The Kier molecular flexibility index (Phi) is 6.15. The second kappa shape index (κ2) is 7.38. The van der Waals surface area contributed by atoms with Crippen molar-refractivity contribution in [2.75, 3.05) is 38.2 Å². The van der Waals surface area contributed by atoms with E-state index < -0.39 is 0 Å². The van der Waals surface area contributed by atoms with Gasteiger partial charge < -0.3 is 16.0 Å². The van der Waals surface area contributed by atoms with Crippen molar-refractivity contribution in [2.45, 2.75) is 26.2 Å². The van der Waals surface area contributed by atoms with Crippen molar-refractivity contribution < 1.29 is 0 Å². The van der Waals surface area contributed by atoms with E-state index in [4.69, 9.17) is 17.3 Å². The molecule has 102 valence electrons. The largest absolute Gasteiger partial charge is 0.393 e. The lowest BCUT2D eigenvalue weighted by Gasteiger charge is -2.12. The van der Waals surface area contributed by atoms with Crippen molar-refractivity contribution in [3.63, 3.8) is 0 Å². The van der Waals surface area contributed by atoms with Gasteiger partial charge in [0.15, 0.2) is 11.0 Å². The second-order valence-electron chi connectivity index (χ2n) is 4.53. The molecule has 0 fully saturated rings. The molecule has 0 unspecified atom stereocenters. The number of nitrogens with two attached hydrogens (primary N) is 1. The molecule has 0 amide bonds. The fourth-order valence-corrected chi connectivity index (χ4v) is 1.74. The molecule has 1 rings (SSSR count). The summed E-state index contributed by atoms with van der Waals surface area (Å²) in [6, 6.07) is 0. The minimum Gasteiger partial charge on any atom is -0.393 e. The van der Waals surface area contributed by atoms with Gasteiger partial charge >= 0.3 is 0 Å². The quantitative estimate of drug-likeness (QED) is 0.587. The zero-order valence-corrected chi connectivity index (χ0v) is 12.1. The van der Waals surface area contributed by atoms with Crippen LogP contribution in [0, 0.1) is 0 Å². The molecule has 1 heterocycles. The van der Waals surface area contributed by atoms with Crippen LogP contribution in [0.3, 0.4) is 0 Å². The van der Waals surface area contributed by atoms with E-state index in [1.54, 1.807) is 0 Å². The van der Waals surface area contributed by atoms with Gasteiger partial charge in [-0.05, 0) is 33.5 Å². The van der Waals surface area contributed by atoms with E-state index in [0.717, 1.165) is 38.2 Å². The van der Waals surface area contributed by atoms with E-state index in [1.807, 2.05) is 0 Å². The molecule has 5 nitrogen and oxygen atoms in total. The highest BCUT2D eigenvalue weighted by Crippen LogP contribution is 2.23. The van der Waals surface area contributed by atoms with Crippen LogP contribution in [0.1, 0.15) is 25.6 Å². The normalized spacial score (nSPS) is 10.9. The predicted octanol–water partition coefficient (Wildman–Crippen LogP) is 2.03. The fourth-order valence-electron chi connectivity index (χ4n) is 1.56. The Hall–Kier alpha value is -1.07. The summed E-state index contributed by atoms with van der Waals surface area (Å²) in [5.41, 5.74) is 6.29. The molecular weight excluding hydrogens is 250 g/mol. The highest BCUT2D eigenvalue weighted by Gasteiger charge is 2.09. The molecule has 0 aliphatic heterocycles. The SMILES string of the molecule is CCCc1nc(Cl)c(N)c(NCCCN(C)C)n1. The molecular formula is C12H22ClN5. The number of aryl methyl sites for hydroxylation is 1. The second-order valence-corrected chi connectivity index (χ2v) is 4.88. The first-order valence-electron chi connectivity index (χ1n) is 6.25. The number of hydrogen-bond donors (Lipinski definition) is 2. The molecule has 0 bridgehead atoms. The molecule has 0 spiro atoms. The third kappa shape index (κ3) is 4.66. The summed E-state index contributed by atoms with van der Waals surface area (Å²) >= 11 is 5.99. The van der Waals surface area contributed by atoms with Crippen LogP contribution in [-0.2, 0) is 6.42 Å². The van der Waals surface area contributed by atoms with Crippen molar-refractivity contribution in [3.05, 3.63) is 11.0 Å². The molecule has 0 saturated heterocycles. The van der Waals surface area contributed by atoms with Crippen LogP contribution in [0.25, 0.3) is 0 Å². The van der Waals surface area contributed by atoms with Crippen molar-refractivity contribution in [3.8, 4) is 0 Å². The average Bonchev–Trinajstić information content (AvgIpc) is 2.30. The van der Waals surface area contributed by atoms with Crippen LogP contribution in [0.15, 0.2) is 0 Å². The Labute approximate surface area is 114 Å². The molecule has 18 heavy (non-hydrogen) atoms. The Morgan fingerprint density at radius 2 is 2.06 bits per heavy atom. The van der Waals surface area contributed by atoms with Gasteiger partial charge in [-0.15, -0.1) is 0 Å². The summed E-state index contributed by atoms with van der Waals surface area (Å²) in [4.78, 5) is 10.7. The maximum absolute atomic E-state index is 5.99. The molecule has 0 atom stereocenters. The van der Waals surface area contributed by atoms with E-state index in [-0.39, 0.29) is 0 Å². The molecule has 0 radical (unpaired) electrons. The number of nitrogens with zero attached hydrogens (tertiary/aromatic N) is 3. The first-order chi connectivity index (χ1) is 8.54. The number of hydrogen-bond acceptors (Lipinski definition) is 5. The Balaban J connectivity index is 2.63. The van der Waals surface area contributed by atoms with Gasteiger partial charge in [-0.2, -0.15) is 0 Å². The van der Waals surface area contributed by atoms with Crippen LogP contribution >= 0.6 is 11.6 Å². The van der Waals surface area contributed by atoms with Gasteiger partial charge in [-0.25, -0.2) is 9.97 Å². The average molecular weight is 272 g/mol. The molecule has 0 aliphatic rings. The van der Waals surface area contributed by atoms with Gasteiger partial charge in [0, 0.05) is 13.0 Å². The van der Waals surface area contributed by atoms with Crippen molar-refractivity contribution >= 4 is 23.1 Å². The molecule has 0 aromatic carbocycles. The number of halogens is 1. The third-order valence-electron chi connectivity index (χ3n) is 2.49. The van der Waals surface area contributed by atoms with Crippen LogP contribution in [-0.4, -0.2) is 42.1 Å². The predicted molar refractivity (Wildman–Crippen MR) is 77.1 cm³/mol. The van der Waals surface area contributed by atoms with E-state index in [0.29, 0.717) is 16.7 Å². The standard InChI is InChI=1S/C12H22ClN5/c1-4-6-9-16-11(13)10(14)12(17-9)15-7-5-8-18(2)3/h4-8,14H2,1-3H3,(H,15,16,17). The monoisotopic (exact) mass is 271 g/mol. The van der Waals surface area contributed by atoms with E-state index in [1.165, 1.54) is 0 Å². The summed E-state index contributed by atoms with van der Waals surface area (Å²) in [5, 5.41) is 3.56. The number of aromatic nitrogens is 2. The van der Waals surface area contributed by atoms with E-state index in [2.05, 4.69) is 41.2 Å². The van der Waals surface area contributed by atoms with E-state index >= 15 is 0 Å². The maximum atomic E-state index is 5.99. The number of anilines is 2. The van der Waals surface area contributed by atoms with Crippen LogP contribution in [0.4, 0.5) is 11.5 Å². The Morgan fingerprint density at radius 1 is 1.33 bits per heavy atom. The smallest absolute Gasteiger partial charge is 0.157 e. The lowest BCUT2D eigenvalue weighted by molar-refractivity contribution is 0.405. The van der Waals surface area contributed by atoms with E-state index in [9.17, 15) is 0 Å². The van der Waals surface area contributed by atoms with Crippen LogP contribution in [0.5, 0.6) is 0 Å². The van der Waals surface area contributed by atoms with Gasteiger partial charge in [0.25, 0.3) is 0 Å². The maximum Gasteiger partial charge on any atom is 0.157 e. The molecule has 0 saturated carbocycles. The molecule has 0 aliphatic carbocycles. The molecule has 1 aromatic rings. The Bertz CT molecular complexity index is 381. The highest BCUT2D eigenvalue weighted by molar-refractivity contribution is 6.32. The Morgan fingerprint density at radius 3 is 2.67 bits per heavy atom. The van der Waals surface area contributed by atoms with Gasteiger partial charge in [0.05, 0.1) is 0 Å². The first-order valence-corrected chi connectivity index (χ1v) is 6.62. The van der Waals surface area contributed by atoms with Gasteiger partial charge in [0.2, 0.25) is 0 Å². The lowest BCUT2D eigenvalue weighted by atomic mass is 10.3. The molecule has 6 heteroatoms. The zero-order valence-electron chi connectivity index (χ0n) is 11.3. The lowest BCUT2D eigenvalue weighted by Crippen LogP contribution is -2.17. The van der Waals surface area contributed by atoms with Gasteiger partial charge in [0.1, 0.15) is 11.5 Å². The number of rotatable bonds is 7. The van der Waals surface area contributed by atoms with Crippen LogP contribution in [0.2, 0.25) is 5.15 Å². The van der Waals surface area contributed by atoms with Crippen molar-refractivity contribution in [1.29, 1.82) is 0 Å². The summed E-state index contributed by atoms with van der Waals surface area (Å²) < 4.78 is 0. The summed E-state index contributed by atoms with van der Waals surface area (Å²) in [5.74, 6) is 1.39. The van der Waals surface area contributed by atoms with Crippen LogP contribution < -0.4 is 11.1 Å². The number of nitrogens with one attached hydrogen (secondary N) is 1. The zero-order chi connectivity index (χ0) is 13.5. The van der Waals surface area contributed by atoms with Gasteiger partial charge in [-0.3, -0.25) is 0 Å². The third-order valence-corrected chi connectivity index (χ3v) is 2.78. The summed E-state index contributed by atoms with van der Waals surface area (Å²) in [7, 11) is 4.10. The van der Waals surface area contributed by atoms with Crippen molar-refractivity contribution in [2.24, 2.45) is 0 Å². The summed E-state index contributed by atoms with van der Waals surface area (Å²) in [6.45, 7) is 3.92. The van der Waals surface area contributed by atoms with Crippen molar-refractivity contribution in [1.82, 2.24) is 14.9 Å². The van der Waals surface area contributed by atoms with Gasteiger partial charge in [-0.1, -0.05) is 18.5 Å². The summed E-state index contributed by atoms with van der Waals surface area (Å²) in [6.07, 6.45) is 2.82. The molecule has 1 aromatic heterocycles. The molecule has 3 N–H and O–H groups in total. The highest BCUT2D eigenvalue weighted by atomic mass is 35.5. The topological polar surface area (TPSA) is 67.1 Å².